The molecule has 0 bridgehead atoms. The van der Waals surface area contributed by atoms with Crippen LogP contribution in [0.1, 0.15) is 28.6 Å². The van der Waals surface area contributed by atoms with Crippen LogP contribution in [0.4, 0.5) is 11.4 Å². The van der Waals surface area contributed by atoms with E-state index in [9.17, 15) is 4.79 Å². The van der Waals surface area contributed by atoms with Crippen LogP contribution in [-0.4, -0.2) is 50.6 Å². The van der Waals surface area contributed by atoms with Gasteiger partial charge in [-0.05, 0) is 62.4 Å². The maximum absolute atomic E-state index is 12.9. The Kier molecular flexibility index (Phi) is 5.68. The lowest BCUT2D eigenvalue weighted by Crippen LogP contribution is -2.46. The molecular weight excluding hydrogens is 378 g/mol. The van der Waals surface area contributed by atoms with Gasteiger partial charge in [-0.25, -0.2) is 0 Å². The van der Waals surface area contributed by atoms with Crippen LogP contribution in [0.15, 0.2) is 40.8 Å². The first-order valence-corrected chi connectivity index (χ1v) is 10.5. The van der Waals surface area contributed by atoms with Crippen LogP contribution in [-0.2, 0) is 0 Å². The van der Waals surface area contributed by atoms with E-state index in [2.05, 4.69) is 34.2 Å². The summed E-state index contributed by atoms with van der Waals surface area (Å²) in [6.07, 6.45) is 0. The second-order valence-corrected chi connectivity index (χ2v) is 7.79. The summed E-state index contributed by atoms with van der Waals surface area (Å²) in [7, 11) is 1.63. The van der Waals surface area contributed by atoms with Gasteiger partial charge in [0.25, 0.3) is 5.91 Å². The Hall–Kier alpha value is -2.99. The zero-order chi connectivity index (χ0) is 21.3. The summed E-state index contributed by atoms with van der Waals surface area (Å²) >= 11 is 0. The molecule has 0 atom stereocenters. The Morgan fingerprint density at radius 3 is 2.53 bits per heavy atom. The second-order valence-electron chi connectivity index (χ2n) is 7.79. The highest BCUT2D eigenvalue weighted by atomic mass is 16.5. The number of carbonyl (C=O) groups is 1. The van der Waals surface area contributed by atoms with Crippen LogP contribution in [0.2, 0.25) is 0 Å². The van der Waals surface area contributed by atoms with Crippen molar-refractivity contribution >= 4 is 28.3 Å². The highest BCUT2D eigenvalue weighted by molar-refractivity contribution is 6.07. The summed E-state index contributed by atoms with van der Waals surface area (Å²) in [4.78, 5) is 17.8. The van der Waals surface area contributed by atoms with E-state index in [4.69, 9.17) is 9.15 Å². The Morgan fingerprint density at radius 2 is 1.87 bits per heavy atom. The average Bonchev–Trinajstić information content (AvgIpc) is 3.11. The molecule has 30 heavy (non-hydrogen) atoms. The van der Waals surface area contributed by atoms with Crippen LogP contribution in [0.3, 0.4) is 0 Å². The minimum absolute atomic E-state index is 0.241. The fraction of sp³-hybridized carbons (Fsp3) is 0.375. The van der Waals surface area contributed by atoms with E-state index in [0.717, 1.165) is 60.7 Å². The molecule has 1 aromatic heterocycles. The molecule has 6 heteroatoms. The van der Waals surface area contributed by atoms with Crippen molar-refractivity contribution in [3.05, 3.63) is 53.3 Å². The van der Waals surface area contributed by atoms with Gasteiger partial charge in [-0.1, -0.05) is 6.92 Å². The van der Waals surface area contributed by atoms with E-state index < -0.39 is 0 Å². The van der Waals surface area contributed by atoms with Crippen molar-refractivity contribution in [2.45, 2.75) is 20.8 Å². The predicted octanol–water partition coefficient (Wildman–Crippen LogP) is 4.45. The van der Waals surface area contributed by atoms with Crippen molar-refractivity contribution < 1.29 is 13.9 Å². The van der Waals surface area contributed by atoms with Crippen molar-refractivity contribution in [2.24, 2.45) is 0 Å². The molecule has 0 saturated carbocycles. The van der Waals surface area contributed by atoms with Crippen molar-refractivity contribution in [3.63, 3.8) is 0 Å². The summed E-state index contributed by atoms with van der Waals surface area (Å²) in [5, 5.41) is 3.90. The topological polar surface area (TPSA) is 58.0 Å². The van der Waals surface area contributed by atoms with E-state index in [1.165, 1.54) is 5.69 Å². The number of fused-ring (bicyclic) bond motifs is 1. The van der Waals surface area contributed by atoms with Gasteiger partial charge in [0.1, 0.15) is 11.3 Å². The Morgan fingerprint density at radius 1 is 1.10 bits per heavy atom. The smallest absolute Gasteiger partial charge is 0.291 e. The number of nitrogens with one attached hydrogen (secondary N) is 1. The summed E-state index contributed by atoms with van der Waals surface area (Å²) in [6, 6.07) is 11.8. The van der Waals surface area contributed by atoms with Crippen LogP contribution in [0.5, 0.6) is 5.75 Å². The molecule has 2 heterocycles. The second kappa shape index (κ2) is 8.40. The summed E-state index contributed by atoms with van der Waals surface area (Å²) in [5.41, 5.74) is 4.53. The van der Waals surface area contributed by atoms with Gasteiger partial charge < -0.3 is 24.3 Å². The molecule has 0 spiro atoms. The minimum Gasteiger partial charge on any atom is -0.497 e. The van der Waals surface area contributed by atoms with Gasteiger partial charge in [-0.3, -0.25) is 4.79 Å². The number of ether oxygens (including phenoxy) is 1. The molecule has 0 radical (unpaired) electrons. The van der Waals surface area contributed by atoms with Crippen molar-refractivity contribution in [1.82, 2.24) is 4.90 Å². The van der Waals surface area contributed by atoms with Gasteiger partial charge >= 0.3 is 0 Å². The molecule has 1 N–H and O–H groups in total. The minimum atomic E-state index is -0.241. The normalized spacial score (nSPS) is 14.9. The fourth-order valence-electron chi connectivity index (χ4n) is 4.03. The number of anilines is 2. The van der Waals surface area contributed by atoms with E-state index >= 15 is 0 Å². The lowest BCUT2D eigenvalue weighted by Gasteiger charge is -2.35. The zero-order valence-electron chi connectivity index (χ0n) is 18.1. The van der Waals surface area contributed by atoms with Crippen LogP contribution >= 0.6 is 0 Å². The molecule has 1 saturated heterocycles. The highest BCUT2D eigenvalue weighted by Gasteiger charge is 2.20. The van der Waals surface area contributed by atoms with E-state index in [0.29, 0.717) is 11.3 Å². The predicted molar refractivity (Wildman–Crippen MR) is 121 cm³/mol. The average molecular weight is 408 g/mol. The number of piperazine rings is 1. The third kappa shape index (κ3) is 3.87. The largest absolute Gasteiger partial charge is 0.497 e. The van der Waals surface area contributed by atoms with Crippen molar-refractivity contribution in [2.75, 3.05) is 50.1 Å². The molecule has 1 aliphatic heterocycles. The maximum Gasteiger partial charge on any atom is 0.291 e. The molecule has 1 fully saturated rings. The van der Waals surface area contributed by atoms with Gasteiger partial charge in [-0.2, -0.15) is 0 Å². The number of carbonyl (C=O) groups excluding carboxylic acids is 1. The number of methoxy groups -OCH3 is 1. The number of amides is 1. The molecule has 158 valence electrons. The maximum atomic E-state index is 12.9. The fourth-order valence-corrected chi connectivity index (χ4v) is 4.03. The number of rotatable bonds is 5. The molecule has 1 amide bonds. The standard InChI is InChI=1S/C24H29N3O3/c1-5-26-10-12-27(13-11-26)18-6-8-21(16(2)14-18)25-24(28)23-17(3)20-15-19(29-4)7-9-22(20)30-23/h6-9,14-15H,5,10-13H2,1-4H3,(H,25,28). The quantitative estimate of drug-likeness (QED) is 0.677. The lowest BCUT2D eigenvalue weighted by atomic mass is 10.1. The summed E-state index contributed by atoms with van der Waals surface area (Å²) in [5.74, 6) is 0.831. The zero-order valence-corrected chi connectivity index (χ0v) is 18.1. The molecule has 3 aromatic rings. The Balaban J connectivity index is 1.51. The summed E-state index contributed by atoms with van der Waals surface area (Å²) < 4.78 is 11.1. The number of likely N-dealkylation sites (N-methyl/N-ethyl adjacent to an activating group) is 1. The number of hydrogen-bond acceptors (Lipinski definition) is 5. The molecule has 0 unspecified atom stereocenters. The molecule has 1 aliphatic rings. The van der Waals surface area contributed by atoms with Crippen molar-refractivity contribution in [1.29, 1.82) is 0 Å². The lowest BCUT2D eigenvalue weighted by molar-refractivity contribution is 0.0998. The Bertz CT molecular complexity index is 1060. The number of aryl methyl sites for hydroxylation is 2. The van der Waals surface area contributed by atoms with Crippen LogP contribution < -0.4 is 15.0 Å². The number of benzene rings is 2. The van der Waals surface area contributed by atoms with Crippen LogP contribution in [0.25, 0.3) is 11.0 Å². The highest BCUT2D eigenvalue weighted by Crippen LogP contribution is 2.30. The SMILES string of the molecule is CCN1CCN(c2ccc(NC(=O)c3oc4ccc(OC)cc4c3C)c(C)c2)CC1. The number of nitrogens with zero attached hydrogens (tertiary/aromatic N) is 2. The number of furan rings is 1. The first-order chi connectivity index (χ1) is 14.5. The summed E-state index contributed by atoms with van der Waals surface area (Å²) in [6.45, 7) is 11.5. The van der Waals surface area contributed by atoms with Crippen LogP contribution in [0, 0.1) is 13.8 Å². The number of hydrogen-bond donors (Lipinski definition) is 1. The van der Waals surface area contributed by atoms with Gasteiger partial charge in [0.05, 0.1) is 7.11 Å². The third-order valence-electron chi connectivity index (χ3n) is 5.99. The van der Waals surface area contributed by atoms with E-state index in [1.54, 1.807) is 7.11 Å². The molecule has 2 aromatic carbocycles. The monoisotopic (exact) mass is 407 g/mol. The van der Waals surface area contributed by atoms with E-state index in [-0.39, 0.29) is 5.91 Å². The van der Waals surface area contributed by atoms with E-state index in [1.807, 2.05) is 38.1 Å². The Labute approximate surface area is 177 Å². The van der Waals surface area contributed by atoms with Gasteiger partial charge in [0, 0.05) is 48.5 Å². The third-order valence-corrected chi connectivity index (χ3v) is 5.99. The van der Waals surface area contributed by atoms with Gasteiger partial charge in [-0.15, -0.1) is 0 Å². The molecule has 0 aliphatic carbocycles. The molecule has 4 rings (SSSR count). The molecule has 6 nitrogen and oxygen atoms in total. The first kappa shape index (κ1) is 20.3. The first-order valence-electron chi connectivity index (χ1n) is 10.5. The van der Waals surface area contributed by atoms with Gasteiger partial charge in [0.2, 0.25) is 0 Å². The van der Waals surface area contributed by atoms with Crippen molar-refractivity contribution in [3.8, 4) is 5.75 Å². The molecular formula is C24H29N3O3. The van der Waals surface area contributed by atoms with Gasteiger partial charge in [0.15, 0.2) is 5.76 Å².